The number of nitrogens with two attached hydrogens (primary N) is 1. The lowest BCUT2D eigenvalue weighted by Crippen LogP contribution is -2.50. The molecule has 100 valence electrons. The molecule has 0 spiro atoms. The van der Waals surface area contributed by atoms with Gasteiger partial charge in [-0.1, -0.05) is 26.1 Å². The van der Waals surface area contributed by atoms with Gasteiger partial charge in [-0.25, -0.2) is 0 Å². The Morgan fingerprint density at radius 3 is 2.18 bits per heavy atom. The van der Waals surface area contributed by atoms with Crippen LogP contribution in [-0.4, -0.2) is 42.6 Å². The van der Waals surface area contributed by atoms with E-state index in [1.165, 1.54) is 0 Å². The van der Waals surface area contributed by atoms with Crippen molar-refractivity contribution in [1.82, 2.24) is 4.90 Å². The van der Waals surface area contributed by atoms with Crippen LogP contribution in [0.25, 0.3) is 0 Å². The number of rotatable bonds is 8. The normalized spacial score (nSPS) is 11.3. The molecule has 17 heavy (non-hydrogen) atoms. The molecule has 0 aliphatic carbocycles. The van der Waals surface area contributed by atoms with E-state index in [1.807, 2.05) is 20.8 Å². The van der Waals surface area contributed by atoms with Gasteiger partial charge in [0.2, 0.25) is 5.91 Å². The van der Waals surface area contributed by atoms with Crippen molar-refractivity contribution in [2.24, 2.45) is 11.1 Å². The number of methoxy groups -OCH3 is 1. The Balaban J connectivity index is 4.98. The zero-order valence-corrected chi connectivity index (χ0v) is 12.1. The Morgan fingerprint density at radius 1 is 1.35 bits per heavy atom. The molecule has 0 aromatic carbocycles. The molecule has 0 saturated carbocycles. The highest BCUT2D eigenvalue weighted by atomic mass is 32.1. The summed E-state index contributed by atoms with van der Waals surface area (Å²) in [5.41, 5.74) is 5.07. The number of amides is 1. The fourth-order valence-corrected chi connectivity index (χ4v) is 2.29. The Bertz CT molecular complexity index is 265. The molecule has 5 heteroatoms. The second-order valence-electron chi connectivity index (χ2n) is 4.03. The van der Waals surface area contributed by atoms with Crippen LogP contribution in [0, 0.1) is 5.41 Å². The van der Waals surface area contributed by atoms with E-state index < -0.39 is 5.41 Å². The quantitative estimate of drug-likeness (QED) is 0.673. The predicted molar refractivity (Wildman–Crippen MR) is 73.9 cm³/mol. The summed E-state index contributed by atoms with van der Waals surface area (Å²) in [6, 6.07) is 0. The molecule has 4 nitrogen and oxygen atoms in total. The van der Waals surface area contributed by atoms with E-state index in [1.54, 1.807) is 12.0 Å². The van der Waals surface area contributed by atoms with E-state index in [9.17, 15) is 4.79 Å². The molecule has 0 atom stereocenters. The molecular weight excluding hydrogens is 236 g/mol. The van der Waals surface area contributed by atoms with E-state index in [0.29, 0.717) is 37.5 Å². The molecule has 0 fully saturated rings. The minimum Gasteiger partial charge on any atom is -0.392 e. The molecule has 0 aromatic heterocycles. The van der Waals surface area contributed by atoms with Crippen molar-refractivity contribution in [3.8, 4) is 0 Å². The number of carbonyl (C=O) groups is 1. The smallest absolute Gasteiger partial charge is 0.235 e. The van der Waals surface area contributed by atoms with Crippen molar-refractivity contribution in [2.45, 2.75) is 33.6 Å². The number of hydrogen-bond acceptors (Lipinski definition) is 3. The third-order valence-corrected chi connectivity index (χ3v) is 3.71. The van der Waals surface area contributed by atoms with E-state index in [0.717, 1.165) is 0 Å². The topological polar surface area (TPSA) is 55.6 Å². The van der Waals surface area contributed by atoms with Gasteiger partial charge >= 0.3 is 0 Å². The van der Waals surface area contributed by atoms with Crippen LogP contribution >= 0.6 is 12.2 Å². The van der Waals surface area contributed by atoms with Crippen LogP contribution in [0.3, 0.4) is 0 Å². The van der Waals surface area contributed by atoms with Crippen molar-refractivity contribution < 1.29 is 9.53 Å². The van der Waals surface area contributed by atoms with Crippen LogP contribution in [0.4, 0.5) is 0 Å². The summed E-state index contributed by atoms with van der Waals surface area (Å²) in [6.45, 7) is 7.60. The number of carbonyl (C=O) groups excluding carboxylic acids is 1. The number of ether oxygens (including phenoxy) is 1. The first-order chi connectivity index (χ1) is 7.99. The van der Waals surface area contributed by atoms with E-state index in [4.69, 9.17) is 22.7 Å². The summed E-state index contributed by atoms with van der Waals surface area (Å²) >= 11 is 5.08. The summed E-state index contributed by atoms with van der Waals surface area (Å²) in [5.74, 6) is 0.0227. The highest BCUT2D eigenvalue weighted by Crippen LogP contribution is 2.29. The van der Waals surface area contributed by atoms with Gasteiger partial charge in [-0.3, -0.25) is 4.79 Å². The second-order valence-corrected chi connectivity index (χ2v) is 4.47. The molecule has 2 N–H and O–H groups in total. The minimum atomic E-state index is -0.695. The molecule has 0 aliphatic rings. The summed E-state index contributed by atoms with van der Waals surface area (Å²) < 4.78 is 5.01. The fourth-order valence-electron chi connectivity index (χ4n) is 1.91. The summed E-state index contributed by atoms with van der Waals surface area (Å²) in [5, 5.41) is 0. The lowest BCUT2D eigenvalue weighted by molar-refractivity contribution is -0.139. The van der Waals surface area contributed by atoms with Gasteiger partial charge in [-0.05, 0) is 19.8 Å². The molecule has 0 rings (SSSR count). The zero-order chi connectivity index (χ0) is 13.5. The Morgan fingerprint density at radius 2 is 1.88 bits per heavy atom. The van der Waals surface area contributed by atoms with Crippen LogP contribution in [0.5, 0.6) is 0 Å². The van der Waals surface area contributed by atoms with Gasteiger partial charge in [0.05, 0.1) is 17.0 Å². The Hall–Kier alpha value is -0.680. The van der Waals surface area contributed by atoms with Crippen LogP contribution in [0.2, 0.25) is 0 Å². The fraction of sp³-hybridized carbons (Fsp3) is 0.833. The third-order valence-electron chi connectivity index (χ3n) is 3.32. The van der Waals surface area contributed by atoms with Crippen molar-refractivity contribution in [2.75, 3.05) is 26.8 Å². The van der Waals surface area contributed by atoms with Crippen LogP contribution in [0.1, 0.15) is 33.6 Å². The first kappa shape index (κ1) is 16.3. The number of thiocarbonyl (C=S) groups is 1. The Kier molecular flexibility index (Phi) is 7.30. The summed E-state index contributed by atoms with van der Waals surface area (Å²) in [4.78, 5) is 14.6. The highest BCUT2D eigenvalue weighted by molar-refractivity contribution is 7.80. The molecule has 0 aromatic rings. The minimum absolute atomic E-state index is 0.0227. The second kappa shape index (κ2) is 7.61. The van der Waals surface area contributed by atoms with Crippen molar-refractivity contribution >= 4 is 23.1 Å². The lowest BCUT2D eigenvalue weighted by atomic mass is 9.80. The van der Waals surface area contributed by atoms with Crippen LogP contribution in [0.15, 0.2) is 0 Å². The third kappa shape index (κ3) is 3.64. The molecule has 1 amide bonds. The average molecular weight is 260 g/mol. The molecule has 0 unspecified atom stereocenters. The van der Waals surface area contributed by atoms with Crippen molar-refractivity contribution in [1.29, 1.82) is 0 Å². The largest absolute Gasteiger partial charge is 0.392 e. The van der Waals surface area contributed by atoms with Crippen LogP contribution < -0.4 is 5.73 Å². The zero-order valence-electron chi connectivity index (χ0n) is 11.3. The van der Waals surface area contributed by atoms with Gasteiger partial charge in [0, 0.05) is 20.2 Å². The standard InChI is InChI=1S/C12H24N2O2S/c1-5-12(6-2,10(13)17)11(15)14(7-3)8-9-16-4/h5-9H2,1-4H3,(H2,13,17). The van der Waals surface area contributed by atoms with Crippen LogP contribution in [-0.2, 0) is 9.53 Å². The number of nitrogens with zero attached hydrogens (tertiary/aromatic N) is 1. The van der Waals surface area contributed by atoms with E-state index in [2.05, 4.69) is 0 Å². The average Bonchev–Trinajstić information content (AvgIpc) is 2.32. The number of hydrogen-bond donors (Lipinski definition) is 1. The summed E-state index contributed by atoms with van der Waals surface area (Å²) in [7, 11) is 1.62. The van der Waals surface area contributed by atoms with E-state index in [-0.39, 0.29) is 5.91 Å². The SMILES string of the molecule is CCN(CCOC)C(=O)C(CC)(CC)C(N)=S. The van der Waals surface area contributed by atoms with Gasteiger partial charge in [0.25, 0.3) is 0 Å². The molecule has 0 radical (unpaired) electrons. The monoisotopic (exact) mass is 260 g/mol. The lowest BCUT2D eigenvalue weighted by Gasteiger charge is -2.34. The molecular formula is C12H24N2O2S. The van der Waals surface area contributed by atoms with Gasteiger partial charge < -0.3 is 15.4 Å². The summed E-state index contributed by atoms with van der Waals surface area (Å²) in [6.07, 6.45) is 1.28. The first-order valence-electron chi connectivity index (χ1n) is 6.08. The molecule has 0 heterocycles. The highest BCUT2D eigenvalue weighted by Gasteiger charge is 2.40. The van der Waals surface area contributed by atoms with Crippen molar-refractivity contribution in [3.63, 3.8) is 0 Å². The molecule has 0 aliphatic heterocycles. The Labute approximate surface area is 109 Å². The number of likely N-dealkylation sites (N-methyl/N-ethyl adjacent to an activating group) is 1. The maximum atomic E-state index is 12.5. The maximum Gasteiger partial charge on any atom is 0.235 e. The molecule has 0 bridgehead atoms. The molecule has 0 saturated heterocycles. The first-order valence-corrected chi connectivity index (χ1v) is 6.49. The maximum absolute atomic E-state index is 12.5. The van der Waals surface area contributed by atoms with Gasteiger partial charge in [-0.2, -0.15) is 0 Å². The predicted octanol–water partition coefficient (Wildman–Crippen LogP) is 1.57. The van der Waals surface area contributed by atoms with Gasteiger partial charge in [-0.15, -0.1) is 0 Å². The van der Waals surface area contributed by atoms with E-state index >= 15 is 0 Å². The van der Waals surface area contributed by atoms with Gasteiger partial charge in [0.15, 0.2) is 0 Å². The van der Waals surface area contributed by atoms with Gasteiger partial charge in [0.1, 0.15) is 0 Å². The van der Waals surface area contributed by atoms with Crippen molar-refractivity contribution in [3.05, 3.63) is 0 Å².